The SMILES string of the molecule is CCOCC(Nc1nc(C(=O)O)co1)C(C)C. The molecule has 0 aliphatic rings. The molecule has 1 heterocycles. The van der Waals surface area contributed by atoms with Gasteiger partial charge in [-0.2, -0.15) is 4.98 Å². The fourth-order valence-electron chi connectivity index (χ4n) is 1.24. The van der Waals surface area contributed by atoms with E-state index < -0.39 is 5.97 Å². The van der Waals surface area contributed by atoms with Crippen LogP contribution in [0, 0.1) is 5.92 Å². The van der Waals surface area contributed by atoms with E-state index >= 15 is 0 Å². The highest BCUT2D eigenvalue weighted by Crippen LogP contribution is 2.13. The molecule has 0 saturated carbocycles. The van der Waals surface area contributed by atoms with E-state index in [0.717, 1.165) is 6.26 Å². The van der Waals surface area contributed by atoms with Gasteiger partial charge in [0.25, 0.3) is 6.01 Å². The number of hydrogen-bond donors (Lipinski definition) is 2. The van der Waals surface area contributed by atoms with Crippen molar-refractivity contribution in [3.63, 3.8) is 0 Å². The normalized spacial score (nSPS) is 12.7. The molecule has 0 fully saturated rings. The highest BCUT2D eigenvalue weighted by Gasteiger charge is 2.17. The first-order valence-corrected chi connectivity index (χ1v) is 5.57. The number of ether oxygens (including phenoxy) is 1. The summed E-state index contributed by atoms with van der Waals surface area (Å²) in [6, 6.07) is 0.246. The van der Waals surface area contributed by atoms with E-state index in [1.807, 2.05) is 20.8 Å². The Morgan fingerprint density at radius 1 is 1.65 bits per heavy atom. The second-order valence-electron chi connectivity index (χ2n) is 4.00. The maximum absolute atomic E-state index is 10.6. The number of oxazole rings is 1. The number of anilines is 1. The van der Waals surface area contributed by atoms with Crippen LogP contribution in [0.2, 0.25) is 0 Å². The van der Waals surface area contributed by atoms with E-state index in [4.69, 9.17) is 14.3 Å². The molecule has 6 heteroatoms. The van der Waals surface area contributed by atoms with Crippen LogP contribution in [-0.4, -0.2) is 35.3 Å². The molecule has 1 aromatic rings. The molecule has 0 aromatic carbocycles. The number of carboxylic acid groups (broad SMARTS) is 1. The Morgan fingerprint density at radius 2 is 2.35 bits per heavy atom. The first-order valence-electron chi connectivity index (χ1n) is 5.57. The van der Waals surface area contributed by atoms with Crippen LogP contribution in [0.25, 0.3) is 0 Å². The number of hydrogen-bond acceptors (Lipinski definition) is 5. The number of rotatable bonds is 7. The van der Waals surface area contributed by atoms with Crippen LogP contribution in [0.5, 0.6) is 0 Å². The number of carboxylic acids is 1. The lowest BCUT2D eigenvalue weighted by Crippen LogP contribution is -2.31. The lowest BCUT2D eigenvalue weighted by atomic mass is 10.1. The summed E-state index contributed by atoms with van der Waals surface area (Å²) in [7, 11) is 0. The van der Waals surface area contributed by atoms with Gasteiger partial charge in [-0.3, -0.25) is 0 Å². The lowest BCUT2D eigenvalue weighted by Gasteiger charge is -2.20. The molecule has 6 nitrogen and oxygen atoms in total. The van der Waals surface area contributed by atoms with Gasteiger partial charge < -0.3 is 19.6 Å². The Labute approximate surface area is 100.0 Å². The summed E-state index contributed by atoms with van der Waals surface area (Å²) in [5, 5.41) is 11.7. The minimum absolute atomic E-state index is 0.0373. The molecule has 0 spiro atoms. The van der Waals surface area contributed by atoms with E-state index in [-0.39, 0.29) is 17.8 Å². The fourth-order valence-corrected chi connectivity index (χ4v) is 1.24. The zero-order valence-corrected chi connectivity index (χ0v) is 10.3. The molecule has 1 rings (SSSR count). The summed E-state index contributed by atoms with van der Waals surface area (Å²) < 4.78 is 10.4. The van der Waals surface area contributed by atoms with Gasteiger partial charge in [0.2, 0.25) is 0 Å². The summed E-state index contributed by atoms with van der Waals surface area (Å²) in [6.45, 7) is 7.16. The topological polar surface area (TPSA) is 84.6 Å². The van der Waals surface area contributed by atoms with Gasteiger partial charge in [0.05, 0.1) is 12.6 Å². The van der Waals surface area contributed by atoms with E-state index in [0.29, 0.717) is 19.1 Å². The molecule has 0 amide bonds. The number of nitrogens with one attached hydrogen (secondary N) is 1. The molecular weight excluding hydrogens is 224 g/mol. The minimum atomic E-state index is -1.10. The molecular formula is C11H18N2O4. The van der Waals surface area contributed by atoms with Crippen LogP contribution in [-0.2, 0) is 4.74 Å². The predicted octanol–water partition coefficient (Wildman–Crippen LogP) is 1.85. The van der Waals surface area contributed by atoms with Crippen molar-refractivity contribution in [3.05, 3.63) is 12.0 Å². The predicted molar refractivity (Wildman–Crippen MR) is 62.2 cm³/mol. The van der Waals surface area contributed by atoms with Gasteiger partial charge in [-0.05, 0) is 12.8 Å². The van der Waals surface area contributed by atoms with Crippen molar-refractivity contribution < 1.29 is 19.1 Å². The molecule has 0 aliphatic heterocycles. The number of nitrogens with zero attached hydrogens (tertiary/aromatic N) is 1. The molecule has 0 saturated heterocycles. The van der Waals surface area contributed by atoms with Crippen LogP contribution in [0.1, 0.15) is 31.3 Å². The Kier molecular flexibility index (Phi) is 4.96. The Hall–Kier alpha value is -1.56. The van der Waals surface area contributed by atoms with Crippen LogP contribution < -0.4 is 5.32 Å². The van der Waals surface area contributed by atoms with Crippen LogP contribution in [0.15, 0.2) is 10.7 Å². The van der Waals surface area contributed by atoms with Crippen molar-refractivity contribution in [1.29, 1.82) is 0 Å². The van der Waals surface area contributed by atoms with Gasteiger partial charge in [0.1, 0.15) is 6.26 Å². The number of aromatic carboxylic acids is 1. The number of carbonyl (C=O) groups is 1. The first kappa shape index (κ1) is 13.5. The number of aromatic nitrogens is 1. The Bertz CT molecular complexity index is 362. The third-order valence-corrected chi connectivity index (χ3v) is 2.34. The molecule has 1 atom stereocenters. The van der Waals surface area contributed by atoms with E-state index in [1.165, 1.54) is 0 Å². The first-order chi connectivity index (χ1) is 8.04. The Balaban J connectivity index is 2.61. The lowest BCUT2D eigenvalue weighted by molar-refractivity contribution is 0.0690. The molecule has 0 radical (unpaired) electrons. The molecule has 1 unspecified atom stereocenters. The van der Waals surface area contributed by atoms with Gasteiger partial charge in [0.15, 0.2) is 5.69 Å². The molecule has 2 N–H and O–H groups in total. The Morgan fingerprint density at radius 3 is 2.82 bits per heavy atom. The smallest absolute Gasteiger partial charge is 0.357 e. The fraction of sp³-hybridized carbons (Fsp3) is 0.636. The van der Waals surface area contributed by atoms with Gasteiger partial charge in [-0.1, -0.05) is 13.8 Å². The maximum atomic E-state index is 10.6. The zero-order valence-electron chi connectivity index (χ0n) is 10.3. The molecule has 17 heavy (non-hydrogen) atoms. The van der Waals surface area contributed by atoms with Crippen LogP contribution in [0.3, 0.4) is 0 Å². The quantitative estimate of drug-likeness (QED) is 0.759. The third kappa shape index (κ3) is 4.07. The van der Waals surface area contributed by atoms with Crippen molar-refractivity contribution in [1.82, 2.24) is 4.98 Å². The largest absolute Gasteiger partial charge is 0.476 e. The van der Waals surface area contributed by atoms with E-state index in [1.54, 1.807) is 0 Å². The maximum Gasteiger partial charge on any atom is 0.357 e. The summed E-state index contributed by atoms with van der Waals surface area (Å²) in [5.41, 5.74) is -0.105. The van der Waals surface area contributed by atoms with Crippen molar-refractivity contribution >= 4 is 12.0 Å². The van der Waals surface area contributed by atoms with Crippen molar-refractivity contribution in [2.75, 3.05) is 18.5 Å². The average molecular weight is 242 g/mol. The monoisotopic (exact) mass is 242 g/mol. The van der Waals surface area contributed by atoms with E-state index in [9.17, 15) is 4.79 Å². The third-order valence-electron chi connectivity index (χ3n) is 2.34. The average Bonchev–Trinajstić information content (AvgIpc) is 2.72. The molecule has 0 aliphatic carbocycles. The summed E-state index contributed by atoms with van der Waals surface area (Å²) in [5.74, 6) is -0.783. The second-order valence-corrected chi connectivity index (χ2v) is 4.00. The second kappa shape index (κ2) is 6.24. The van der Waals surface area contributed by atoms with Crippen LogP contribution >= 0.6 is 0 Å². The molecule has 0 bridgehead atoms. The molecule has 96 valence electrons. The van der Waals surface area contributed by atoms with E-state index in [2.05, 4.69) is 10.3 Å². The van der Waals surface area contributed by atoms with Gasteiger partial charge in [-0.15, -0.1) is 0 Å². The van der Waals surface area contributed by atoms with Crippen molar-refractivity contribution in [2.45, 2.75) is 26.8 Å². The van der Waals surface area contributed by atoms with Gasteiger partial charge in [-0.25, -0.2) is 4.79 Å². The standard InChI is InChI=1S/C11H18N2O4/c1-4-16-5-8(7(2)3)12-11-13-9(6-17-11)10(14)15/h6-8H,4-5H2,1-3H3,(H,12,13)(H,14,15). The zero-order chi connectivity index (χ0) is 12.8. The summed E-state index contributed by atoms with van der Waals surface area (Å²) >= 11 is 0. The summed E-state index contributed by atoms with van der Waals surface area (Å²) in [4.78, 5) is 14.4. The summed E-state index contributed by atoms with van der Waals surface area (Å²) in [6.07, 6.45) is 1.11. The minimum Gasteiger partial charge on any atom is -0.476 e. The highest BCUT2D eigenvalue weighted by molar-refractivity contribution is 5.85. The van der Waals surface area contributed by atoms with Crippen molar-refractivity contribution in [2.24, 2.45) is 5.92 Å². The van der Waals surface area contributed by atoms with Crippen LogP contribution in [0.4, 0.5) is 6.01 Å². The van der Waals surface area contributed by atoms with Crippen molar-refractivity contribution in [3.8, 4) is 0 Å². The van der Waals surface area contributed by atoms with Gasteiger partial charge in [0, 0.05) is 6.61 Å². The molecule has 1 aromatic heterocycles. The highest BCUT2D eigenvalue weighted by atomic mass is 16.5. The van der Waals surface area contributed by atoms with Gasteiger partial charge >= 0.3 is 5.97 Å².